The first-order valence-electron chi connectivity index (χ1n) is 6.76. The quantitative estimate of drug-likeness (QED) is 0.860. The smallest absolute Gasteiger partial charge is 0.126 e. The summed E-state index contributed by atoms with van der Waals surface area (Å²) in [5.41, 5.74) is 9.93. The number of nitrogens with one attached hydrogen (secondary N) is 1. The van der Waals surface area contributed by atoms with Gasteiger partial charge in [0, 0.05) is 17.6 Å². The third-order valence-electron chi connectivity index (χ3n) is 3.75. The van der Waals surface area contributed by atoms with Crippen molar-refractivity contribution in [3.63, 3.8) is 0 Å². The van der Waals surface area contributed by atoms with Crippen LogP contribution in [0.5, 0.6) is 5.75 Å². The van der Waals surface area contributed by atoms with Crippen LogP contribution in [0.4, 0.5) is 0 Å². The lowest BCUT2D eigenvalue weighted by Gasteiger charge is -2.21. The molecule has 0 spiro atoms. The average Bonchev–Trinajstić information content (AvgIpc) is 2.80. The Bertz CT molecular complexity index is 411. The molecule has 0 radical (unpaired) electrons. The van der Waals surface area contributed by atoms with Gasteiger partial charge in [-0.1, -0.05) is 17.7 Å². The molecule has 1 heterocycles. The molecule has 100 valence electrons. The first-order chi connectivity index (χ1) is 8.61. The maximum absolute atomic E-state index is 6.37. The molecule has 2 unspecified atom stereocenters. The number of rotatable bonds is 4. The Morgan fingerprint density at radius 3 is 2.83 bits per heavy atom. The Morgan fingerprint density at radius 1 is 1.44 bits per heavy atom. The lowest BCUT2D eigenvalue weighted by atomic mass is 9.95. The number of nitrogens with two attached hydrogens (primary N) is 1. The minimum Gasteiger partial charge on any atom is -0.496 e. The summed E-state index contributed by atoms with van der Waals surface area (Å²) in [7, 11) is 1.72. The number of hydrogen-bond donors (Lipinski definition) is 2. The van der Waals surface area contributed by atoms with Gasteiger partial charge in [0.05, 0.1) is 7.11 Å². The van der Waals surface area contributed by atoms with Crippen LogP contribution in [0.1, 0.15) is 42.0 Å². The Balaban J connectivity index is 2.19. The standard InChI is InChI=1S/C15H24N2O/c1-10-7-11(2)15(18-3)13(8-10)14(16)9-12-5-4-6-17-12/h7-8,12,14,17H,4-6,9,16H2,1-3H3. The van der Waals surface area contributed by atoms with Crippen molar-refractivity contribution in [2.75, 3.05) is 13.7 Å². The van der Waals surface area contributed by atoms with Crippen molar-refractivity contribution in [3.05, 3.63) is 28.8 Å². The molecule has 1 saturated heterocycles. The largest absolute Gasteiger partial charge is 0.496 e. The fourth-order valence-corrected chi connectivity index (χ4v) is 2.93. The Hall–Kier alpha value is -1.06. The van der Waals surface area contributed by atoms with E-state index in [1.807, 2.05) is 0 Å². The van der Waals surface area contributed by atoms with Gasteiger partial charge < -0.3 is 15.8 Å². The van der Waals surface area contributed by atoms with Crippen LogP contribution in [-0.2, 0) is 0 Å². The van der Waals surface area contributed by atoms with E-state index in [2.05, 4.69) is 31.3 Å². The zero-order chi connectivity index (χ0) is 13.1. The molecular weight excluding hydrogens is 224 g/mol. The van der Waals surface area contributed by atoms with E-state index in [0.717, 1.165) is 24.3 Å². The van der Waals surface area contributed by atoms with Crippen LogP contribution in [-0.4, -0.2) is 19.7 Å². The molecule has 0 aromatic heterocycles. The molecule has 1 fully saturated rings. The van der Waals surface area contributed by atoms with Gasteiger partial charge in [0.25, 0.3) is 0 Å². The number of benzene rings is 1. The van der Waals surface area contributed by atoms with Crippen LogP contribution >= 0.6 is 0 Å². The van der Waals surface area contributed by atoms with Gasteiger partial charge >= 0.3 is 0 Å². The van der Waals surface area contributed by atoms with Gasteiger partial charge in [-0.05, 0) is 45.2 Å². The minimum absolute atomic E-state index is 0.0501. The van der Waals surface area contributed by atoms with E-state index in [9.17, 15) is 0 Å². The lowest BCUT2D eigenvalue weighted by molar-refractivity contribution is 0.396. The van der Waals surface area contributed by atoms with E-state index in [-0.39, 0.29) is 6.04 Å². The fraction of sp³-hybridized carbons (Fsp3) is 0.600. The molecule has 1 aromatic carbocycles. The SMILES string of the molecule is COc1c(C)cc(C)cc1C(N)CC1CCCN1. The van der Waals surface area contributed by atoms with Crippen LogP contribution in [0, 0.1) is 13.8 Å². The molecule has 18 heavy (non-hydrogen) atoms. The summed E-state index contributed by atoms with van der Waals surface area (Å²) < 4.78 is 5.52. The van der Waals surface area contributed by atoms with Crippen molar-refractivity contribution in [3.8, 4) is 5.75 Å². The van der Waals surface area contributed by atoms with Crippen LogP contribution in [0.2, 0.25) is 0 Å². The topological polar surface area (TPSA) is 47.3 Å². The van der Waals surface area contributed by atoms with E-state index < -0.39 is 0 Å². The monoisotopic (exact) mass is 248 g/mol. The second-order valence-corrected chi connectivity index (χ2v) is 5.34. The van der Waals surface area contributed by atoms with Gasteiger partial charge in [-0.25, -0.2) is 0 Å². The molecule has 2 atom stereocenters. The highest BCUT2D eigenvalue weighted by Crippen LogP contribution is 2.31. The van der Waals surface area contributed by atoms with E-state index >= 15 is 0 Å². The summed E-state index contributed by atoms with van der Waals surface area (Å²) in [4.78, 5) is 0. The molecule has 3 heteroatoms. The summed E-state index contributed by atoms with van der Waals surface area (Å²) in [6.07, 6.45) is 3.49. The molecule has 0 saturated carbocycles. The van der Waals surface area contributed by atoms with Gasteiger partial charge in [0.15, 0.2) is 0 Å². The molecule has 0 aliphatic carbocycles. The van der Waals surface area contributed by atoms with Gasteiger partial charge in [-0.2, -0.15) is 0 Å². The summed E-state index contributed by atoms with van der Waals surface area (Å²) in [5, 5.41) is 3.50. The highest BCUT2D eigenvalue weighted by atomic mass is 16.5. The lowest BCUT2D eigenvalue weighted by Crippen LogP contribution is -2.27. The van der Waals surface area contributed by atoms with Crippen LogP contribution < -0.4 is 15.8 Å². The summed E-state index contributed by atoms with van der Waals surface area (Å²) in [6, 6.07) is 4.91. The third-order valence-corrected chi connectivity index (χ3v) is 3.75. The Morgan fingerprint density at radius 2 is 2.22 bits per heavy atom. The molecule has 0 bridgehead atoms. The van der Waals surface area contributed by atoms with Crippen molar-refractivity contribution in [2.45, 2.75) is 45.2 Å². The third kappa shape index (κ3) is 2.85. The Labute approximate surface area is 110 Å². The summed E-state index contributed by atoms with van der Waals surface area (Å²) in [6.45, 7) is 5.31. The van der Waals surface area contributed by atoms with Crippen molar-refractivity contribution < 1.29 is 4.74 Å². The molecule has 0 amide bonds. The molecule has 1 aliphatic heterocycles. The van der Waals surface area contributed by atoms with E-state index in [1.54, 1.807) is 7.11 Å². The number of ether oxygens (including phenoxy) is 1. The van der Waals surface area contributed by atoms with Crippen LogP contribution in [0.3, 0.4) is 0 Å². The Kier molecular flexibility index (Phi) is 4.25. The second kappa shape index (κ2) is 5.72. The summed E-state index contributed by atoms with van der Waals surface area (Å²) >= 11 is 0. The molecule has 1 aliphatic rings. The number of methoxy groups -OCH3 is 1. The first-order valence-corrected chi connectivity index (χ1v) is 6.76. The van der Waals surface area contributed by atoms with Crippen LogP contribution in [0.15, 0.2) is 12.1 Å². The maximum Gasteiger partial charge on any atom is 0.126 e. The van der Waals surface area contributed by atoms with E-state index in [4.69, 9.17) is 10.5 Å². The van der Waals surface area contributed by atoms with E-state index in [0.29, 0.717) is 6.04 Å². The average molecular weight is 248 g/mol. The molecule has 2 rings (SSSR count). The normalized spacial score (nSPS) is 21.0. The highest BCUT2D eigenvalue weighted by molar-refractivity contribution is 5.45. The molecule has 3 N–H and O–H groups in total. The van der Waals surface area contributed by atoms with Gasteiger partial charge in [0.1, 0.15) is 5.75 Å². The van der Waals surface area contributed by atoms with Gasteiger partial charge in [0.2, 0.25) is 0 Å². The van der Waals surface area contributed by atoms with Gasteiger partial charge in [-0.15, -0.1) is 0 Å². The van der Waals surface area contributed by atoms with Gasteiger partial charge in [-0.3, -0.25) is 0 Å². The van der Waals surface area contributed by atoms with Crippen molar-refractivity contribution in [2.24, 2.45) is 5.73 Å². The number of aryl methyl sites for hydroxylation is 2. The highest BCUT2D eigenvalue weighted by Gasteiger charge is 2.21. The predicted octanol–water partition coefficient (Wildman–Crippen LogP) is 2.45. The zero-order valence-corrected chi connectivity index (χ0v) is 11.6. The van der Waals surface area contributed by atoms with Crippen molar-refractivity contribution in [1.82, 2.24) is 5.32 Å². The van der Waals surface area contributed by atoms with Crippen molar-refractivity contribution in [1.29, 1.82) is 0 Å². The minimum atomic E-state index is 0.0501. The maximum atomic E-state index is 6.37. The van der Waals surface area contributed by atoms with E-state index in [1.165, 1.54) is 24.0 Å². The van der Waals surface area contributed by atoms with Crippen molar-refractivity contribution >= 4 is 0 Å². The fourth-order valence-electron chi connectivity index (χ4n) is 2.93. The predicted molar refractivity (Wildman–Crippen MR) is 75.0 cm³/mol. The molecular formula is C15H24N2O. The first kappa shape index (κ1) is 13.4. The number of hydrogen-bond acceptors (Lipinski definition) is 3. The molecule has 3 nitrogen and oxygen atoms in total. The summed E-state index contributed by atoms with van der Waals surface area (Å²) in [5.74, 6) is 0.950. The zero-order valence-electron chi connectivity index (χ0n) is 11.6. The molecule has 1 aromatic rings. The van der Waals surface area contributed by atoms with Crippen LogP contribution in [0.25, 0.3) is 0 Å². The second-order valence-electron chi connectivity index (χ2n) is 5.34.